The number of fused-ring (bicyclic) bond motifs is 1. The first-order valence-corrected chi connectivity index (χ1v) is 6.42. The zero-order valence-corrected chi connectivity index (χ0v) is 10.5. The molecule has 0 spiro atoms. The van der Waals surface area contributed by atoms with Crippen molar-refractivity contribution in [3.8, 4) is 5.75 Å². The number of hydrogen-bond acceptors (Lipinski definition) is 1. The fourth-order valence-corrected chi connectivity index (χ4v) is 2.05. The predicted octanol–water partition coefficient (Wildman–Crippen LogP) is 3.81. The Bertz CT molecular complexity index is 382. The minimum atomic E-state index is 0.836. The van der Waals surface area contributed by atoms with Crippen molar-refractivity contribution in [2.45, 2.75) is 19.8 Å². The van der Waals surface area contributed by atoms with Gasteiger partial charge in [-0.25, -0.2) is 0 Å². The van der Waals surface area contributed by atoms with E-state index in [1.165, 1.54) is 16.7 Å². The van der Waals surface area contributed by atoms with E-state index in [0.29, 0.717) is 0 Å². The fourth-order valence-electron chi connectivity index (χ4n) is 1.82. The summed E-state index contributed by atoms with van der Waals surface area (Å²) in [5, 5.41) is 1.03. The lowest BCUT2D eigenvalue weighted by molar-refractivity contribution is 0.357. The number of rotatable bonds is 3. The maximum Gasteiger partial charge on any atom is 0.122 e. The largest absolute Gasteiger partial charge is 0.493 e. The van der Waals surface area contributed by atoms with Crippen molar-refractivity contribution in [1.29, 1.82) is 0 Å². The van der Waals surface area contributed by atoms with Gasteiger partial charge in [-0.1, -0.05) is 28.1 Å². The third kappa shape index (κ3) is 2.43. The molecule has 0 atom stereocenters. The van der Waals surface area contributed by atoms with Gasteiger partial charge in [-0.3, -0.25) is 0 Å². The molecule has 1 aromatic rings. The molecule has 2 heteroatoms. The highest BCUT2D eigenvalue weighted by Crippen LogP contribution is 2.28. The quantitative estimate of drug-likeness (QED) is 0.757. The van der Waals surface area contributed by atoms with Crippen molar-refractivity contribution in [3.05, 3.63) is 35.4 Å². The van der Waals surface area contributed by atoms with Crippen LogP contribution in [-0.4, -0.2) is 11.9 Å². The summed E-state index contributed by atoms with van der Waals surface area (Å²) in [5.41, 5.74) is 4.02. The van der Waals surface area contributed by atoms with E-state index in [0.717, 1.165) is 30.5 Å². The summed E-state index contributed by atoms with van der Waals surface area (Å²) in [6.07, 6.45) is 4.40. The van der Waals surface area contributed by atoms with Gasteiger partial charge in [0, 0.05) is 11.8 Å². The highest BCUT2D eigenvalue weighted by atomic mass is 79.9. The molecule has 0 saturated heterocycles. The number of alkyl halides is 1. The Morgan fingerprint density at radius 1 is 1.53 bits per heavy atom. The van der Waals surface area contributed by atoms with E-state index in [2.05, 4.69) is 47.1 Å². The summed E-state index contributed by atoms with van der Waals surface area (Å²) >= 11 is 3.44. The fraction of sp³-hybridized carbons (Fsp3) is 0.385. The van der Waals surface area contributed by atoms with E-state index in [1.54, 1.807) is 0 Å². The van der Waals surface area contributed by atoms with Crippen molar-refractivity contribution in [3.63, 3.8) is 0 Å². The van der Waals surface area contributed by atoms with Gasteiger partial charge in [0.25, 0.3) is 0 Å². The minimum Gasteiger partial charge on any atom is -0.493 e. The number of ether oxygens (including phenoxy) is 1. The van der Waals surface area contributed by atoms with Crippen molar-refractivity contribution in [2.24, 2.45) is 0 Å². The number of hydrogen-bond donors (Lipinski definition) is 0. The summed E-state index contributed by atoms with van der Waals surface area (Å²) < 4.78 is 5.49. The molecule has 1 heterocycles. The minimum absolute atomic E-state index is 0.836. The Morgan fingerprint density at radius 2 is 2.40 bits per heavy atom. The molecule has 1 nitrogen and oxygen atoms in total. The van der Waals surface area contributed by atoms with Crippen LogP contribution in [0.1, 0.15) is 24.5 Å². The van der Waals surface area contributed by atoms with Crippen molar-refractivity contribution >= 4 is 21.5 Å². The molecule has 1 aliphatic rings. The highest BCUT2D eigenvalue weighted by molar-refractivity contribution is 9.09. The van der Waals surface area contributed by atoms with Crippen molar-refractivity contribution in [2.75, 3.05) is 11.9 Å². The first-order valence-electron chi connectivity index (χ1n) is 5.30. The van der Waals surface area contributed by atoms with E-state index < -0.39 is 0 Å². The molecule has 0 fully saturated rings. The molecule has 0 aliphatic carbocycles. The average Bonchev–Trinajstić information content (AvgIpc) is 2.72. The van der Waals surface area contributed by atoms with Gasteiger partial charge in [0.2, 0.25) is 0 Å². The van der Waals surface area contributed by atoms with Gasteiger partial charge in [-0.15, -0.1) is 0 Å². The van der Waals surface area contributed by atoms with Crippen LogP contribution in [0, 0.1) is 0 Å². The Hall–Kier alpha value is -0.760. The van der Waals surface area contributed by atoms with Crippen LogP contribution < -0.4 is 4.74 Å². The predicted molar refractivity (Wildman–Crippen MR) is 67.7 cm³/mol. The molecular weight excluding hydrogens is 252 g/mol. The molecule has 0 radical (unpaired) electrons. The molecule has 0 amide bonds. The average molecular weight is 267 g/mol. The van der Waals surface area contributed by atoms with Gasteiger partial charge in [0.15, 0.2) is 0 Å². The van der Waals surface area contributed by atoms with Crippen LogP contribution in [0.3, 0.4) is 0 Å². The van der Waals surface area contributed by atoms with Crippen LogP contribution in [0.5, 0.6) is 5.75 Å². The highest BCUT2D eigenvalue weighted by Gasteiger charge is 2.11. The number of benzene rings is 1. The maximum absolute atomic E-state index is 5.49. The van der Waals surface area contributed by atoms with Crippen LogP contribution in [0.4, 0.5) is 0 Å². The molecule has 0 unspecified atom stereocenters. The number of halogens is 1. The summed E-state index contributed by atoms with van der Waals surface area (Å²) in [5.74, 6) is 1.06. The van der Waals surface area contributed by atoms with Crippen LogP contribution in [-0.2, 0) is 6.42 Å². The van der Waals surface area contributed by atoms with E-state index >= 15 is 0 Å². The van der Waals surface area contributed by atoms with Gasteiger partial charge in [-0.2, -0.15) is 0 Å². The number of allylic oxidation sites excluding steroid dienone is 2. The second-order valence-corrected chi connectivity index (χ2v) is 4.58. The first kappa shape index (κ1) is 10.7. The monoisotopic (exact) mass is 266 g/mol. The van der Waals surface area contributed by atoms with Crippen LogP contribution in [0.2, 0.25) is 0 Å². The summed E-state index contributed by atoms with van der Waals surface area (Å²) in [4.78, 5) is 0. The molecule has 0 bridgehead atoms. The second kappa shape index (κ2) is 4.84. The molecule has 0 N–H and O–H groups in total. The zero-order valence-electron chi connectivity index (χ0n) is 8.92. The van der Waals surface area contributed by atoms with Gasteiger partial charge in [-0.05, 0) is 42.2 Å². The Kier molecular flexibility index (Phi) is 3.47. The molecule has 15 heavy (non-hydrogen) atoms. The van der Waals surface area contributed by atoms with Crippen molar-refractivity contribution in [1.82, 2.24) is 0 Å². The molecule has 1 aromatic carbocycles. The molecule has 1 aliphatic heterocycles. The van der Waals surface area contributed by atoms with Crippen molar-refractivity contribution < 1.29 is 4.74 Å². The van der Waals surface area contributed by atoms with Gasteiger partial charge >= 0.3 is 0 Å². The van der Waals surface area contributed by atoms with Crippen LogP contribution in [0.25, 0.3) is 5.57 Å². The molecular formula is C13H15BrO. The van der Waals surface area contributed by atoms with Gasteiger partial charge in [0.1, 0.15) is 5.75 Å². The Labute approximate surface area is 99.3 Å². The maximum atomic E-state index is 5.49. The zero-order chi connectivity index (χ0) is 10.7. The van der Waals surface area contributed by atoms with E-state index in [9.17, 15) is 0 Å². The van der Waals surface area contributed by atoms with E-state index in [-0.39, 0.29) is 0 Å². The van der Waals surface area contributed by atoms with E-state index in [4.69, 9.17) is 4.74 Å². The van der Waals surface area contributed by atoms with Crippen LogP contribution >= 0.6 is 15.9 Å². The Balaban J connectivity index is 2.22. The lowest BCUT2D eigenvalue weighted by atomic mass is 10.0. The third-order valence-corrected chi connectivity index (χ3v) is 3.16. The third-order valence-electron chi connectivity index (χ3n) is 2.70. The lowest BCUT2D eigenvalue weighted by Crippen LogP contribution is -1.85. The SMILES string of the molecule is C/C(=C/CCBr)c1ccc2c(c1)CCO2. The molecule has 80 valence electrons. The molecule has 0 saturated carbocycles. The normalized spacial score (nSPS) is 14.9. The Morgan fingerprint density at radius 3 is 3.20 bits per heavy atom. The smallest absolute Gasteiger partial charge is 0.122 e. The standard InChI is InChI=1S/C13H15BrO/c1-10(3-2-7-14)11-4-5-13-12(9-11)6-8-15-13/h3-5,9H,2,6-8H2,1H3/b10-3-. The van der Waals surface area contributed by atoms with Gasteiger partial charge < -0.3 is 4.74 Å². The van der Waals surface area contributed by atoms with E-state index in [1.807, 2.05) is 0 Å². The molecule has 0 aromatic heterocycles. The lowest BCUT2D eigenvalue weighted by Gasteiger charge is -2.04. The van der Waals surface area contributed by atoms with Crippen LogP contribution in [0.15, 0.2) is 24.3 Å². The van der Waals surface area contributed by atoms with Gasteiger partial charge in [0.05, 0.1) is 6.61 Å². The summed E-state index contributed by atoms with van der Waals surface area (Å²) in [6, 6.07) is 6.48. The topological polar surface area (TPSA) is 9.23 Å². The second-order valence-electron chi connectivity index (χ2n) is 3.79. The summed E-state index contributed by atoms with van der Waals surface area (Å²) in [7, 11) is 0. The summed E-state index contributed by atoms with van der Waals surface area (Å²) in [6.45, 7) is 3.00. The first-order chi connectivity index (χ1) is 7.31. The molecule has 2 rings (SSSR count).